The molecule has 1 aliphatic rings. The first kappa shape index (κ1) is 14.6. The second-order valence-electron chi connectivity index (χ2n) is 5.45. The summed E-state index contributed by atoms with van der Waals surface area (Å²) in [5, 5.41) is 0. The van der Waals surface area contributed by atoms with E-state index in [1.807, 2.05) is 18.2 Å². The average molecular weight is 299 g/mol. The minimum absolute atomic E-state index is 0.00304. The van der Waals surface area contributed by atoms with Crippen LogP contribution in [0.4, 0.5) is 10.1 Å². The zero-order chi connectivity index (χ0) is 15.5. The van der Waals surface area contributed by atoms with Gasteiger partial charge in [-0.15, -0.1) is 0 Å². The molecular formula is C18H18FNO2. The first-order chi connectivity index (χ1) is 10.7. The Morgan fingerprint density at radius 3 is 2.91 bits per heavy atom. The molecule has 0 aliphatic carbocycles. The molecule has 0 spiro atoms. The van der Waals surface area contributed by atoms with E-state index in [0.717, 1.165) is 29.8 Å². The zero-order valence-corrected chi connectivity index (χ0v) is 12.5. The Bertz CT molecular complexity index is 699. The Morgan fingerprint density at radius 1 is 1.27 bits per heavy atom. The number of fused-ring (bicyclic) bond motifs is 1. The van der Waals surface area contributed by atoms with Crippen molar-refractivity contribution < 1.29 is 13.9 Å². The molecular weight excluding hydrogens is 281 g/mol. The predicted octanol–water partition coefficient (Wildman–Crippen LogP) is 3.36. The SMILES string of the molecule is COc1ccc2c(c1)CCCN2C(=O)Cc1cccc(F)c1. The van der Waals surface area contributed by atoms with Crippen molar-refractivity contribution in [3.05, 3.63) is 59.4 Å². The predicted molar refractivity (Wildman–Crippen MR) is 83.8 cm³/mol. The number of hydrogen-bond acceptors (Lipinski definition) is 2. The van der Waals surface area contributed by atoms with E-state index < -0.39 is 0 Å². The van der Waals surface area contributed by atoms with Gasteiger partial charge in [-0.3, -0.25) is 4.79 Å². The van der Waals surface area contributed by atoms with Gasteiger partial charge in [-0.25, -0.2) is 4.39 Å². The summed E-state index contributed by atoms with van der Waals surface area (Å²) in [6, 6.07) is 12.0. The maximum atomic E-state index is 13.2. The monoisotopic (exact) mass is 299 g/mol. The molecule has 3 nitrogen and oxygen atoms in total. The maximum Gasteiger partial charge on any atom is 0.231 e. The van der Waals surface area contributed by atoms with Gasteiger partial charge in [-0.05, 0) is 54.3 Å². The van der Waals surface area contributed by atoms with E-state index >= 15 is 0 Å². The average Bonchev–Trinajstić information content (AvgIpc) is 2.53. The van der Waals surface area contributed by atoms with E-state index in [-0.39, 0.29) is 18.1 Å². The highest BCUT2D eigenvalue weighted by atomic mass is 19.1. The van der Waals surface area contributed by atoms with Gasteiger partial charge in [-0.2, -0.15) is 0 Å². The number of nitrogens with zero attached hydrogens (tertiary/aromatic N) is 1. The molecule has 0 bridgehead atoms. The van der Waals surface area contributed by atoms with E-state index in [0.29, 0.717) is 12.1 Å². The molecule has 0 saturated carbocycles. The van der Waals surface area contributed by atoms with Gasteiger partial charge in [0.2, 0.25) is 5.91 Å². The van der Waals surface area contributed by atoms with Crippen molar-refractivity contribution in [1.82, 2.24) is 0 Å². The van der Waals surface area contributed by atoms with Crippen LogP contribution in [0.25, 0.3) is 0 Å². The van der Waals surface area contributed by atoms with Crippen molar-refractivity contribution in [2.45, 2.75) is 19.3 Å². The van der Waals surface area contributed by atoms with Crippen LogP contribution in [-0.4, -0.2) is 19.6 Å². The number of halogens is 1. The molecule has 1 aliphatic heterocycles. The van der Waals surface area contributed by atoms with E-state index in [1.165, 1.54) is 12.1 Å². The Morgan fingerprint density at radius 2 is 2.14 bits per heavy atom. The van der Waals surface area contributed by atoms with Crippen molar-refractivity contribution in [1.29, 1.82) is 0 Å². The highest BCUT2D eigenvalue weighted by Crippen LogP contribution is 2.30. The number of benzene rings is 2. The summed E-state index contributed by atoms with van der Waals surface area (Å²) >= 11 is 0. The van der Waals surface area contributed by atoms with Gasteiger partial charge < -0.3 is 9.64 Å². The topological polar surface area (TPSA) is 29.5 Å². The number of ether oxygens (including phenoxy) is 1. The van der Waals surface area contributed by atoms with Crippen molar-refractivity contribution in [3.8, 4) is 5.75 Å². The van der Waals surface area contributed by atoms with Gasteiger partial charge in [0, 0.05) is 12.2 Å². The van der Waals surface area contributed by atoms with Crippen LogP contribution in [0.2, 0.25) is 0 Å². The van der Waals surface area contributed by atoms with Crippen LogP contribution in [0.3, 0.4) is 0 Å². The molecule has 0 N–H and O–H groups in total. The van der Waals surface area contributed by atoms with Crippen LogP contribution >= 0.6 is 0 Å². The second kappa shape index (κ2) is 6.18. The van der Waals surface area contributed by atoms with Crippen LogP contribution in [0.1, 0.15) is 17.5 Å². The van der Waals surface area contributed by atoms with Crippen LogP contribution in [0.15, 0.2) is 42.5 Å². The molecule has 0 aromatic heterocycles. The lowest BCUT2D eigenvalue weighted by atomic mass is 10.0. The smallest absolute Gasteiger partial charge is 0.231 e. The Hall–Kier alpha value is -2.36. The van der Waals surface area contributed by atoms with E-state index in [2.05, 4.69) is 0 Å². The third-order valence-corrected chi connectivity index (χ3v) is 3.95. The Balaban J connectivity index is 1.82. The summed E-state index contributed by atoms with van der Waals surface area (Å²) < 4.78 is 18.5. The van der Waals surface area contributed by atoms with E-state index in [4.69, 9.17) is 4.74 Å². The molecule has 0 saturated heterocycles. The van der Waals surface area contributed by atoms with Gasteiger partial charge in [0.1, 0.15) is 11.6 Å². The normalized spacial score (nSPS) is 13.6. The molecule has 0 fully saturated rings. The number of hydrogen-bond donors (Lipinski definition) is 0. The first-order valence-electron chi connectivity index (χ1n) is 7.39. The molecule has 3 rings (SSSR count). The number of carbonyl (C=O) groups excluding carboxylic acids is 1. The molecule has 2 aromatic rings. The van der Waals surface area contributed by atoms with Gasteiger partial charge >= 0.3 is 0 Å². The minimum Gasteiger partial charge on any atom is -0.497 e. The number of rotatable bonds is 3. The standard InChI is InChI=1S/C18H18FNO2/c1-22-16-7-8-17-14(12-16)5-3-9-20(17)18(21)11-13-4-2-6-15(19)10-13/h2,4,6-8,10,12H,3,5,9,11H2,1H3. The van der Waals surface area contributed by atoms with Crippen molar-refractivity contribution in [3.63, 3.8) is 0 Å². The quantitative estimate of drug-likeness (QED) is 0.870. The molecule has 0 unspecified atom stereocenters. The van der Waals surface area contributed by atoms with Crippen molar-refractivity contribution in [2.75, 3.05) is 18.6 Å². The molecule has 0 radical (unpaired) electrons. The lowest BCUT2D eigenvalue weighted by molar-refractivity contribution is -0.118. The number of amides is 1. The lowest BCUT2D eigenvalue weighted by Gasteiger charge is -2.30. The van der Waals surface area contributed by atoms with Gasteiger partial charge in [0.15, 0.2) is 0 Å². The Kier molecular flexibility index (Phi) is 4.09. The molecule has 0 atom stereocenters. The lowest BCUT2D eigenvalue weighted by Crippen LogP contribution is -2.36. The molecule has 2 aromatic carbocycles. The van der Waals surface area contributed by atoms with Crippen LogP contribution in [0, 0.1) is 5.82 Å². The van der Waals surface area contributed by atoms with Crippen molar-refractivity contribution in [2.24, 2.45) is 0 Å². The number of aryl methyl sites for hydroxylation is 1. The fourth-order valence-corrected chi connectivity index (χ4v) is 2.88. The molecule has 4 heteroatoms. The number of methoxy groups -OCH3 is 1. The number of carbonyl (C=O) groups is 1. The first-order valence-corrected chi connectivity index (χ1v) is 7.39. The van der Waals surface area contributed by atoms with Crippen molar-refractivity contribution >= 4 is 11.6 Å². The second-order valence-corrected chi connectivity index (χ2v) is 5.45. The van der Waals surface area contributed by atoms with Gasteiger partial charge in [0.05, 0.1) is 13.5 Å². The molecule has 22 heavy (non-hydrogen) atoms. The largest absolute Gasteiger partial charge is 0.497 e. The van der Waals surface area contributed by atoms with E-state index in [9.17, 15) is 9.18 Å². The van der Waals surface area contributed by atoms with Crippen LogP contribution in [-0.2, 0) is 17.6 Å². The molecule has 1 amide bonds. The highest BCUT2D eigenvalue weighted by Gasteiger charge is 2.23. The summed E-state index contributed by atoms with van der Waals surface area (Å²) in [6.07, 6.45) is 2.08. The minimum atomic E-state index is -0.311. The fourth-order valence-electron chi connectivity index (χ4n) is 2.88. The summed E-state index contributed by atoms with van der Waals surface area (Å²) in [6.45, 7) is 0.702. The summed E-state index contributed by atoms with van der Waals surface area (Å²) in [5.74, 6) is 0.490. The van der Waals surface area contributed by atoms with Gasteiger partial charge in [-0.1, -0.05) is 12.1 Å². The van der Waals surface area contributed by atoms with E-state index in [1.54, 1.807) is 24.1 Å². The zero-order valence-electron chi connectivity index (χ0n) is 12.5. The highest BCUT2D eigenvalue weighted by molar-refractivity contribution is 5.96. The summed E-state index contributed by atoms with van der Waals surface area (Å²) in [4.78, 5) is 14.4. The Labute approximate surface area is 129 Å². The summed E-state index contributed by atoms with van der Waals surface area (Å²) in [7, 11) is 1.64. The number of anilines is 1. The molecule has 114 valence electrons. The summed E-state index contributed by atoms with van der Waals surface area (Å²) in [5.41, 5.74) is 2.76. The third-order valence-electron chi connectivity index (χ3n) is 3.95. The fraction of sp³-hybridized carbons (Fsp3) is 0.278. The maximum absolute atomic E-state index is 13.2. The molecule has 1 heterocycles. The van der Waals surface area contributed by atoms with Crippen LogP contribution in [0.5, 0.6) is 5.75 Å². The van der Waals surface area contributed by atoms with Gasteiger partial charge in [0.25, 0.3) is 0 Å². The van der Waals surface area contributed by atoms with Crippen LogP contribution < -0.4 is 9.64 Å². The third kappa shape index (κ3) is 2.96.